The van der Waals surface area contributed by atoms with Crippen molar-refractivity contribution in [3.8, 4) is 0 Å². The molecule has 40 heavy (non-hydrogen) atoms. The van der Waals surface area contributed by atoms with E-state index in [4.69, 9.17) is 14.5 Å². The van der Waals surface area contributed by atoms with E-state index < -0.39 is 55.5 Å². The topological polar surface area (TPSA) is 178 Å². The highest BCUT2D eigenvalue weighted by atomic mass is 17.2. The van der Waals surface area contributed by atoms with Gasteiger partial charge in [-0.1, -0.05) is 37.3 Å². The highest BCUT2D eigenvalue weighted by Gasteiger charge is 2.32. The van der Waals surface area contributed by atoms with Crippen LogP contribution < -0.4 is 0 Å². The molecule has 0 aliphatic rings. The molecule has 3 aromatic rings. The Kier molecular flexibility index (Phi) is 11.3. The molecule has 4 N–H and O–H groups in total. The molecular formula is C28H32O12. The maximum Gasteiger partial charge on any atom is 0.338 e. The van der Waals surface area contributed by atoms with Crippen LogP contribution in [0, 0.1) is 0 Å². The van der Waals surface area contributed by atoms with E-state index in [0.29, 0.717) is 11.8 Å². The van der Waals surface area contributed by atoms with E-state index >= 15 is 0 Å². The van der Waals surface area contributed by atoms with Gasteiger partial charge >= 0.3 is 17.9 Å². The predicted octanol–water partition coefficient (Wildman–Crippen LogP) is 1.17. The molecule has 0 heterocycles. The Labute approximate surface area is 229 Å². The van der Waals surface area contributed by atoms with Gasteiger partial charge in [-0.25, -0.2) is 24.2 Å². The lowest BCUT2D eigenvalue weighted by atomic mass is 9.97. The second-order valence-electron chi connectivity index (χ2n) is 8.92. The lowest BCUT2D eigenvalue weighted by Gasteiger charge is -2.17. The Balaban J connectivity index is 1.64. The summed E-state index contributed by atoms with van der Waals surface area (Å²) in [6, 6.07) is 14.4. The molecule has 0 spiro atoms. The Morgan fingerprint density at radius 1 is 0.750 bits per heavy atom. The average molecular weight is 561 g/mol. The largest absolute Gasteiger partial charge is 0.467 e. The maximum atomic E-state index is 12.8. The van der Waals surface area contributed by atoms with E-state index in [0.717, 1.165) is 28.8 Å². The highest BCUT2D eigenvalue weighted by molar-refractivity contribution is 6.09. The van der Waals surface area contributed by atoms with Gasteiger partial charge in [-0.05, 0) is 51.7 Å². The molecule has 4 atom stereocenters. The quantitative estimate of drug-likeness (QED) is 0.0553. The number of aliphatic hydroxyl groups is 4. The molecule has 3 aromatic carbocycles. The van der Waals surface area contributed by atoms with Crippen LogP contribution in [0.4, 0.5) is 0 Å². The number of fused-ring (bicyclic) bond motifs is 2. The zero-order valence-electron chi connectivity index (χ0n) is 22.0. The molecule has 216 valence electrons. The third kappa shape index (κ3) is 7.94. The summed E-state index contributed by atoms with van der Waals surface area (Å²) in [5.41, 5.74) is 1.10. The van der Waals surface area contributed by atoms with Gasteiger partial charge in [-0.15, -0.1) is 0 Å². The second kappa shape index (κ2) is 14.7. The number of carbonyl (C=O) groups excluding carboxylic acids is 3. The molecule has 0 aromatic heterocycles. The number of esters is 3. The number of ether oxygens (including phenoxy) is 3. The van der Waals surface area contributed by atoms with Crippen LogP contribution in [0.15, 0.2) is 48.5 Å². The fourth-order valence-electron chi connectivity index (χ4n) is 3.71. The minimum absolute atomic E-state index is 0.0628. The summed E-state index contributed by atoms with van der Waals surface area (Å²) in [6.45, 7) is 0.863. The van der Waals surface area contributed by atoms with Gasteiger partial charge in [0, 0.05) is 0 Å². The van der Waals surface area contributed by atoms with Crippen LogP contribution in [0.1, 0.15) is 29.3 Å². The van der Waals surface area contributed by atoms with Crippen LogP contribution >= 0.6 is 0 Å². The van der Waals surface area contributed by atoms with Crippen LogP contribution in [-0.4, -0.2) is 89.7 Å². The van der Waals surface area contributed by atoms with Crippen molar-refractivity contribution >= 4 is 39.5 Å². The van der Waals surface area contributed by atoms with Gasteiger partial charge in [0.1, 0.15) is 32.5 Å². The molecule has 0 aliphatic carbocycles. The number of aliphatic hydroxyl groups excluding tert-OH is 4. The van der Waals surface area contributed by atoms with Crippen molar-refractivity contribution < 1.29 is 58.8 Å². The highest BCUT2D eigenvalue weighted by Crippen LogP contribution is 2.28. The van der Waals surface area contributed by atoms with Gasteiger partial charge in [0.2, 0.25) is 0 Å². The first-order chi connectivity index (χ1) is 19.2. The van der Waals surface area contributed by atoms with Gasteiger partial charge in [-0.3, -0.25) is 0 Å². The minimum atomic E-state index is -2.21. The van der Waals surface area contributed by atoms with Crippen LogP contribution in [0.25, 0.3) is 21.5 Å². The average Bonchev–Trinajstić information content (AvgIpc) is 2.97. The van der Waals surface area contributed by atoms with E-state index in [9.17, 15) is 34.8 Å². The Hall–Kier alpha value is -3.65. The van der Waals surface area contributed by atoms with Crippen LogP contribution in [0.3, 0.4) is 0 Å². The standard InChI is InChI=1S/C28H32O12/c1-3-19(29)15-40-39-12-18-8-4-6-16-11-23-17(10-22(16)18)7-5-9-21(23)26(33)37-13-20(30)14-38-28(35)25(32)24(31)27(34)36-2/h4-11,19-20,24-25,29-32H,3,12-15H2,1-2H3. The molecule has 0 fully saturated rings. The lowest BCUT2D eigenvalue weighted by Crippen LogP contribution is -2.42. The summed E-state index contributed by atoms with van der Waals surface area (Å²) in [4.78, 5) is 46.2. The molecule has 4 unspecified atom stereocenters. The van der Waals surface area contributed by atoms with Crippen molar-refractivity contribution in [3.05, 3.63) is 59.7 Å². The van der Waals surface area contributed by atoms with Crippen LogP contribution in [0.2, 0.25) is 0 Å². The predicted molar refractivity (Wildman–Crippen MR) is 140 cm³/mol. The fraction of sp³-hybridized carbons (Fsp3) is 0.393. The minimum Gasteiger partial charge on any atom is -0.467 e. The first-order valence-electron chi connectivity index (χ1n) is 12.5. The van der Waals surface area contributed by atoms with Crippen molar-refractivity contribution in [2.24, 2.45) is 0 Å². The molecule has 12 nitrogen and oxygen atoms in total. The summed E-state index contributed by atoms with van der Waals surface area (Å²) in [7, 11) is 0.964. The van der Waals surface area contributed by atoms with E-state index in [2.05, 4.69) is 9.47 Å². The summed E-state index contributed by atoms with van der Waals surface area (Å²) < 4.78 is 14.1. The van der Waals surface area contributed by atoms with Gasteiger partial charge < -0.3 is 34.6 Å². The number of carbonyl (C=O) groups is 3. The zero-order valence-corrected chi connectivity index (χ0v) is 22.0. The van der Waals surface area contributed by atoms with Gasteiger partial charge in [0.05, 0.1) is 18.8 Å². The Bertz CT molecular complexity index is 1320. The summed E-state index contributed by atoms with van der Waals surface area (Å²) in [5, 5.41) is 41.9. The summed E-state index contributed by atoms with van der Waals surface area (Å²) in [5.74, 6) is -3.32. The second-order valence-corrected chi connectivity index (χ2v) is 8.92. The van der Waals surface area contributed by atoms with Gasteiger partial charge in [-0.2, -0.15) is 0 Å². The molecule has 0 saturated heterocycles. The molecule has 3 rings (SSSR count). The molecular weight excluding hydrogens is 528 g/mol. The van der Waals surface area contributed by atoms with E-state index in [1.165, 1.54) is 0 Å². The maximum absolute atomic E-state index is 12.8. The summed E-state index contributed by atoms with van der Waals surface area (Å²) >= 11 is 0. The zero-order chi connectivity index (χ0) is 29.2. The van der Waals surface area contributed by atoms with E-state index in [1.807, 2.05) is 43.3 Å². The molecule has 0 bridgehead atoms. The summed E-state index contributed by atoms with van der Waals surface area (Å²) in [6.07, 6.45) is -5.85. The Morgan fingerprint density at radius 3 is 2.08 bits per heavy atom. The monoisotopic (exact) mass is 560 g/mol. The van der Waals surface area contributed by atoms with Gasteiger partial charge in [0.15, 0.2) is 12.2 Å². The number of hydrogen-bond donors (Lipinski definition) is 4. The number of rotatable bonds is 14. The van der Waals surface area contributed by atoms with Crippen molar-refractivity contribution in [2.45, 2.75) is 44.4 Å². The molecule has 0 amide bonds. The third-order valence-electron chi connectivity index (χ3n) is 6.03. The van der Waals surface area contributed by atoms with E-state index in [1.54, 1.807) is 12.1 Å². The number of hydrogen-bond acceptors (Lipinski definition) is 12. The molecule has 0 radical (unpaired) electrons. The van der Waals surface area contributed by atoms with Crippen molar-refractivity contribution in [3.63, 3.8) is 0 Å². The van der Waals surface area contributed by atoms with Crippen LogP contribution in [-0.2, 0) is 40.2 Å². The third-order valence-corrected chi connectivity index (χ3v) is 6.03. The first-order valence-corrected chi connectivity index (χ1v) is 12.5. The SMILES string of the molecule is CCC(O)COOCc1cccc2cc3c(C(=O)OCC(O)COC(=O)C(O)C(O)C(=O)OC)cccc3cc12. The normalized spacial score (nSPS) is 14.3. The molecule has 12 heteroatoms. The molecule has 0 saturated carbocycles. The van der Waals surface area contributed by atoms with Gasteiger partial charge in [0.25, 0.3) is 0 Å². The lowest BCUT2D eigenvalue weighted by molar-refractivity contribution is -0.313. The van der Waals surface area contributed by atoms with Crippen molar-refractivity contribution in [2.75, 3.05) is 26.9 Å². The van der Waals surface area contributed by atoms with E-state index in [-0.39, 0.29) is 18.8 Å². The Morgan fingerprint density at radius 2 is 1.38 bits per heavy atom. The van der Waals surface area contributed by atoms with Crippen molar-refractivity contribution in [1.82, 2.24) is 0 Å². The van der Waals surface area contributed by atoms with Crippen LogP contribution in [0.5, 0.6) is 0 Å². The number of benzene rings is 3. The smallest absolute Gasteiger partial charge is 0.338 e. The molecule has 0 aliphatic heterocycles. The number of methoxy groups -OCH3 is 1. The fourth-order valence-corrected chi connectivity index (χ4v) is 3.71. The van der Waals surface area contributed by atoms with Crippen molar-refractivity contribution in [1.29, 1.82) is 0 Å². The first kappa shape index (κ1) is 30.9.